The minimum atomic E-state index is -5.08. The molecule has 1 spiro atoms. The third-order valence-electron chi connectivity index (χ3n) is 6.71. The molecule has 3 aliphatic heterocycles. The number of rotatable bonds is 5. The van der Waals surface area contributed by atoms with Crippen LogP contribution < -0.4 is 25.4 Å². The first-order valence-electron chi connectivity index (χ1n) is 12.2. The number of imide groups is 2. The summed E-state index contributed by atoms with van der Waals surface area (Å²) in [5, 5.41) is 15.0. The van der Waals surface area contributed by atoms with Crippen molar-refractivity contribution in [3.8, 4) is 17.2 Å². The summed E-state index contributed by atoms with van der Waals surface area (Å²) in [5.74, 6) is -4.00. The smallest absolute Gasteiger partial charge is 0.475 e. The van der Waals surface area contributed by atoms with Crippen LogP contribution in [-0.2, 0) is 19.9 Å². The van der Waals surface area contributed by atoms with Crippen molar-refractivity contribution in [2.75, 3.05) is 19.6 Å². The second kappa shape index (κ2) is 11.1. The van der Waals surface area contributed by atoms with Crippen molar-refractivity contribution in [2.24, 2.45) is 0 Å². The average Bonchev–Trinajstić information content (AvgIpc) is 3.35. The molecule has 11 nitrogen and oxygen atoms in total. The van der Waals surface area contributed by atoms with Gasteiger partial charge in [0.1, 0.15) is 17.2 Å². The van der Waals surface area contributed by atoms with Gasteiger partial charge in [-0.15, -0.1) is 13.2 Å². The highest BCUT2D eigenvalue weighted by Gasteiger charge is 2.62. The van der Waals surface area contributed by atoms with E-state index in [1.807, 2.05) is 0 Å². The Morgan fingerprint density at radius 2 is 1.31 bits per heavy atom. The molecule has 3 fully saturated rings. The standard InChI is InChI=1S/C23H21F3N4O5.C2HF3O2/c24-23(25,26)35-17-8-6-16(7-9-17)34-15-4-2-14(3-5-15)22(18(31)28-20(33)29-19(22)32)30-12-21(13-30)10-1-11-27-21;3-2(4,5)1(6)7/h2-9,27H,1,10-13H2,(H2,28,29,31,32,33);(H,6,7). The van der Waals surface area contributed by atoms with Crippen LogP contribution >= 0.6 is 0 Å². The Bertz CT molecular complexity index is 1330. The molecular formula is C25H22F6N4O7. The number of nitrogens with one attached hydrogen (secondary N) is 3. The molecule has 0 aliphatic carbocycles. The van der Waals surface area contributed by atoms with Crippen molar-refractivity contribution in [1.29, 1.82) is 0 Å². The van der Waals surface area contributed by atoms with Gasteiger partial charge in [-0.25, -0.2) is 9.59 Å². The average molecular weight is 604 g/mol. The van der Waals surface area contributed by atoms with E-state index in [1.54, 1.807) is 17.0 Å². The SMILES string of the molecule is O=C(O)C(F)(F)F.O=C1NC(=O)C(c2ccc(Oc3ccc(OC(F)(F)F)cc3)cc2)(N2CC3(CCCN3)C2)C(=O)N1. The van der Waals surface area contributed by atoms with Crippen LogP contribution in [0.3, 0.4) is 0 Å². The van der Waals surface area contributed by atoms with Gasteiger partial charge >= 0.3 is 24.5 Å². The molecule has 42 heavy (non-hydrogen) atoms. The van der Waals surface area contributed by atoms with Crippen LogP contribution in [0.15, 0.2) is 48.5 Å². The summed E-state index contributed by atoms with van der Waals surface area (Å²) in [6.45, 7) is 1.80. The normalized spacial score (nSPS) is 19.6. The number of benzene rings is 2. The molecule has 0 atom stereocenters. The van der Waals surface area contributed by atoms with E-state index in [1.165, 1.54) is 24.3 Å². The predicted octanol–water partition coefficient (Wildman–Crippen LogP) is 3.01. The van der Waals surface area contributed by atoms with Crippen LogP contribution in [0.25, 0.3) is 0 Å². The van der Waals surface area contributed by atoms with Gasteiger partial charge in [0.05, 0.1) is 0 Å². The Balaban J connectivity index is 0.000000517. The highest BCUT2D eigenvalue weighted by molar-refractivity contribution is 6.22. The van der Waals surface area contributed by atoms with Crippen molar-refractivity contribution in [3.05, 3.63) is 54.1 Å². The van der Waals surface area contributed by atoms with Gasteiger partial charge < -0.3 is 19.9 Å². The van der Waals surface area contributed by atoms with Crippen LogP contribution in [-0.4, -0.2) is 71.5 Å². The molecule has 0 radical (unpaired) electrons. The number of ether oxygens (including phenoxy) is 2. The van der Waals surface area contributed by atoms with Gasteiger partial charge in [-0.2, -0.15) is 13.2 Å². The van der Waals surface area contributed by atoms with E-state index < -0.39 is 41.9 Å². The van der Waals surface area contributed by atoms with Gasteiger partial charge in [0.15, 0.2) is 0 Å². The molecule has 0 aromatic heterocycles. The number of hydrogen-bond acceptors (Lipinski definition) is 8. The molecule has 2 aromatic rings. The number of carbonyl (C=O) groups excluding carboxylic acids is 3. The largest absolute Gasteiger partial charge is 0.573 e. The number of likely N-dealkylation sites (tertiary alicyclic amines) is 1. The molecule has 3 aliphatic rings. The van der Waals surface area contributed by atoms with E-state index in [9.17, 15) is 40.7 Å². The van der Waals surface area contributed by atoms with Gasteiger partial charge in [-0.3, -0.25) is 25.1 Å². The Morgan fingerprint density at radius 3 is 1.74 bits per heavy atom. The number of hydrogen-bond donors (Lipinski definition) is 4. The number of barbiturate groups is 1. The summed E-state index contributed by atoms with van der Waals surface area (Å²) in [6.07, 6.45) is -7.94. The summed E-state index contributed by atoms with van der Waals surface area (Å²) < 4.78 is 78.2. The van der Waals surface area contributed by atoms with Crippen LogP contribution in [0, 0.1) is 0 Å². The molecule has 3 saturated heterocycles. The lowest BCUT2D eigenvalue weighted by Crippen LogP contribution is -2.79. The zero-order valence-corrected chi connectivity index (χ0v) is 21.3. The maximum atomic E-state index is 13.1. The number of alkyl halides is 6. The summed E-state index contributed by atoms with van der Waals surface area (Å²) >= 11 is 0. The number of urea groups is 1. The quantitative estimate of drug-likeness (QED) is 0.299. The summed E-state index contributed by atoms with van der Waals surface area (Å²) in [7, 11) is 0. The van der Waals surface area contributed by atoms with Gasteiger partial charge in [0.25, 0.3) is 11.8 Å². The fourth-order valence-corrected chi connectivity index (χ4v) is 4.92. The number of halogens is 6. The lowest BCUT2D eigenvalue weighted by molar-refractivity contribution is -0.274. The lowest BCUT2D eigenvalue weighted by atomic mass is 9.77. The van der Waals surface area contributed by atoms with Gasteiger partial charge in [-0.1, -0.05) is 12.1 Å². The number of nitrogens with zero attached hydrogens (tertiary/aromatic N) is 1. The molecule has 4 amide bonds. The molecule has 4 N–H and O–H groups in total. The third-order valence-corrected chi connectivity index (χ3v) is 6.71. The van der Waals surface area contributed by atoms with Gasteiger partial charge in [0.2, 0.25) is 5.54 Å². The van der Waals surface area contributed by atoms with E-state index >= 15 is 0 Å². The van der Waals surface area contributed by atoms with E-state index in [2.05, 4.69) is 20.7 Å². The molecule has 17 heteroatoms. The molecule has 226 valence electrons. The molecule has 0 bridgehead atoms. The predicted molar refractivity (Wildman–Crippen MR) is 128 cm³/mol. The van der Waals surface area contributed by atoms with Crippen molar-refractivity contribution in [3.63, 3.8) is 0 Å². The molecule has 0 saturated carbocycles. The number of amides is 4. The van der Waals surface area contributed by atoms with Crippen LogP contribution in [0.5, 0.6) is 17.2 Å². The molecule has 3 heterocycles. The van der Waals surface area contributed by atoms with Crippen molar-refractivity contribution < 1.29 is 60.1 Å². The summed E-state index contributed by atoms with van der Waals surface area (Å²) in [4.78, 5) is 48.6. The molecular weight excluding hydrogens is 582 g/mol. The van der Waals surface area contributed by atoms with Gasteiger partial charge in [-0.05, 0) is 61.3 Å². The van der Waals surface area contributed by atoms with E-state index in [0.717, 1.165) is 31.5 Å². The highest BCUT2D eigenvalue weighted by atomic mass is 19.4. The maximum Gasteiger partial charge on any atom is 0.573 e. The Labute approximate surface area is 232 Å². The molecule has 0 unspecified atom stereocenters. The maximum absolute atomic E-state index is 13.1. The number of carbonyl (C=O) groups is 4. The van der Waals surface area contributed by atoms with Crippen molar-refractivity contribution in [1.82, 2.24) is 20.9 Å². The fraction of sp³-hybridized carbons (Fsp3) is 0.360. The van der Waals surface area contributed by atoms with Gasteiger partial charge in [0, 0.05) is 18.6 Å². The zero-order chi connectivity index (χ0) is 30.9. The second-order valence-corrected chi connectivity index (χ2v) is 9.56. The monoisotopic (exact) mass is 604 g/mol. The molecule has 2 aromatic carbocycles. The number of carboxylic acids is 1. The van der Waals surface area contributed by atoms with E-state index in [-0.39, 0.29) is 17.0 Å². The topological polar surface area (TPSA) is 146 Å². The Kier molecular flexibility index (Phi) is 8.10. The molecule has 5 rings (SSSR count). The number of aliphatic carboxylic acids is 1. The third kappa shape index (κ3) is 6.41. The first kappa shape index (κ1) is 30.6. The van der Waals surface area contributed by atoms with Crippen LogP contribution in [0.4, 0.5) is 31.1 Å². The Morgan fingerprint density at radius 1 is 0.833 bits per heavy atom. The van der Waals surface area contributed by atoms with E-state index in [4.69, 9.17) is 14.6 Å². The first-order chi connectivity index (χ1) is 19.5. The first-order valence-corrected chi connectivity index (χ1v) is 12.2. The minimum absolute atomic E-state index is 0.153. The Hall–Kier alpha value is -4.38. The van der Waals surface area contributed by atoms with Crippen LogP contribution in [0.1, 0.15) is 18.4 Å². The van der Waals surface area contributed by atoms with E-state index in [0.29, 0.717) is 24.4 Å². The lowest BCUT2D eigenvalue weighted by Gasteiger charge is -2.56. The second-order valence-electron chi connectivity index (χ2n) is 9.56. The van der Waals surface area contributed by atoms with Crippen LogP contribution in [0.2, 0.25) is 0 Å². The number of carboxylic acid groups (broad SMARTS) is 1. The minimum Gasteiger partial charge on any atom is -0.475 e. The van der Waals surface area contributed by atoms with Crippen molar-refractivity contribution >= 4 is 23.8 Å². The fourth-order valence-electron chi connectivity index (χ4n) is 4.92. The van der Waals surface area contributed by atoms with Crippen molar-refractivity contribution in [2.45, 2.75) is 36.5 Å². The summed E-state index contributed by atoms with van der Waals surface area (Å²) in [5.41, 5.74) is -1.52. The highest BCUT2D eigenvalue weighted by Crippen LogP contribution is 2.42. The summed E-state index contributed by atoms with van der Waals surface area (Å²) in [6, 6.07) is 10.2. The zero-order valence-electron chi connectivity index (χ0n) is 21.3.